The number of ether oxygens (including phenoxy) is 2. The van der Waals surface area contributed by atoms with Crippen LogP contribution in [0, 0.1) is 0 Å². The number of rotatable bonds is 4. The average molecular weight is 236 g/mol. The highest BCUT2D eigenvalue weighted by Crippen LogP contribution is 2.42. The molecule has 1 aliphatic rings. The lowest BCUT2D eigenvalue weighted by Gasteiger charge is -2.50. The second-order valence-electron chi connectivity index (χ2n) is 5.09. The van der Waals surface area contributed by atoms with Gasteiger partial charge in [0.1, 0.15) is 5.75 Å². The Hall–Kier alpha value is -1.06. The van der Waals surface area contributed by atoms with Crippen molar-refractivity contribution in [3.05, 3.63) is 29.8 Å². The Balaban J connectivity index is 2.26. The first-order valence-corrected chi connectivity index (χ1v) is 6.03. The van der Waals surface area contributed by atoms with Crippen molar-refractivity contribution in [2.24, 2.45) is 0 Å². The van der Waals surface area contributed by atoms with Crippen LogP contribution in [0.15, 0.2) is 24.3 Å². The van der Waals surface area contributed by atoms with Gasteiger partial charge in [-0.15, -0.1) is 0 Å². The molecule has 0 saturated carbocycles. The van der Waals surface area contributed by atoms with E-state index in [-0.39, 0.29) is 5.41 Å². The molecule has 0 radical (unpaired) electrons. The molecule has 0 atom stereocenters. The molecule has 0 unspecified atom stereocenters. The standard InChI is InChI=1S/C14H20O3/c1-4-17-12-7-5-11(6-8-12)14(9-16-10-14)13(2,3)15/h5-8,15H,4,9-10H2,1-3H3. The second-order valence-corrected chi connectivity index (χ2v) is 5.09. The van der Waals surface area contributed by atoms with Crippen LogP contribution in [0.2, 0.25) is 0 Å². The highest BCUT2D eigenvalue weighted by Gasteiger charge is 2.51. The van der Waals surface area contributed by atoms with Gasteiger partial charge in [-0.3, -0.25) is 0 Å². The lowest BCUT2D eigenvalue weighted by molar-refractivity contribution is -0.157. The van der Waals surface area contributed by atoms with Crippen LogP contribution in [0.3, 0.4) is 0 Å². The maximum atomic E-state index is 10.3. The number of hydrogen-bond donors (Lipinski definition) is 1. The lowest BCUT2D eigenvalue weighted by Crippen LogP contribution is -2.60. The first kappa shape index (κ1) is 12.4. The molecule has 0 aliphatic carbocycles. The normalized spacial score (nSPS) is 18.6. The van der Waals surface area contributed by atoms with Crippen LogP contribution in [0.1, 0.15) is 26.3 Å². The highest BCUT2D eigenvalue weighted by atomic mass is 16.5. The predicted molar refractivity (Wildman–Crippen MR) is 66.4 cm³/mol. The summed E-state index contributed by atoms with van der Waals surface area (Å²) in [6.07, 6.45) is 0. The van der Waals surface area contributed by atoms with Gasteiger partial charge in [0.25, 0.3) is 0 Å². The Labute approximate surface area is 102 Å². The summed E-state index contributed by atoms with van der Waals surface area (Å²) in [5.74, 6) is 0.863. The highest BCUT2D eigenvalue weighted by molar-refractivity contribution is 5.36. The molecule has 3 nitrogen and oxygen atoms in total. The number of aliphatic hydroxyl groups is 1. The molecule has 1 saturated heterocycles. The van der Waals surface area contributed by atoms with Crippen LogP contribution in [-0.4, -0.2) is 30.5 Å². The van der Waals surface area contributed by atoms with Crippen molar-refractivity contribution in [2.45, 2.75) is 31.8 Å². The van der Waals surface area contributed by atoms with Gasteiger partial charge in [0.05, 0.1) is 30.8 Å². The Morgan fingerprint density at radius 2 is 1.88 bits per heavy atom. The molecule has 1 heterocycles. The Kier molecular flexibility index (Phi) is 3.15. The van der Waals surface area contributed by atoms with Crippen molar-refractivity contribution in [3.8, 4) is 5.75 Å². The molecule has 1 aromatic carbocycles. The summed E-state index contributed by atoms with van der Waals surface area (Å²) in [7, 11) is 0. The zero-order chi connectivity index (χ0) is 12.5. The summed E-state index contributed by atoms with van der Waals surface area (Å²) in [4.78, 5) is 0. The van der Waals surface area contributed by atoms with Gasteiger partial charge >= 0.3 is 0 Å². The van der Waals surface area contributed by atoms with E-state index in [2.05, 4.69) is 0 Å². The summed E-state index contributed by atoms with van der Waals surface area (Å²) in [6, 6.07) is 7.94. The first-order valence-electron chi connectivity index (χ1n) is 6.03. The molecule has 0 spiro atoms. The largest absolute Gasteiger partial charge is 0.494 e. The van der Waals surface area contributed by atoms with E-state index in [0.717, 1.165) is 11.3 Å². The van der Waals surface area contributed by atoms with E-state index in [0.29, 0.717) is 19.8 Å². The third-order valence-electron chi connectivity index (χ3n) is 3.59. The van der Waals surface area contributed by atoms with Gasteiger partial charge in [0.2, 0.25) is 0 Å². The van der Waals surface area contributed by atoms with Crippen molar-refractivity contribution >= 4 is 0 Å². The topological polar surface area (TPSA) is 38.7 Å². The zero-order valence-electron chi connectivity index (χ0n) is 10.7. The minimum atomic E-state index is -0.779. The summed E-state index contributed by atoms with van der Waals surface area (Å²) < 4.78 is 10.7. The van der Waals surface area contributed by atoms with E-state index >= 15 is 0 Å². The van der Waals surface area contributed by atoms with Gasteiger partial charge in [-0.25, -0.2) is 0 Å². The number of hydrogen-bond acceptors (Lipinski definition) is 3. The number of benzene rings is 1. The molecule has 0 amide bonds. The molecule has 1 fully saturated rings. The fourth-order valence-corrected chi connectivity index (χ4v) is 2.22. The minimum Gasteiger partial charge on any atom is -0.494 e. The molecule has 3 heteroatoms. The van der Waals surface area contributed by atoms with Gasteiger partial charge in [-0.1, -0.05) is 12.1 Å². The molecule has 0 bridgehead atoms. The molecule has 1 N–H and O–H groups in total. The predicted octanol–water partition coefficient (Wildman–Crippen LogP) is 2.12. The third kappa shape index (κ3) is 2.05. The molecule has 2 rings (SSSR count). The minimum absolute atomic E-state index is 0.280. The van der Waals surface area contributed by atoms with Crippen molar-refractivity contribution < 1.29 is 14.6 Å². The molecule has 1 aliphatic heterocycles. The lowest BCUT2D eigenvalue weighted by atomic mass is 9.67. The molecular weight excluding hydrogens is 216 g/mol. The van der Waals surface area contributed by atoms with E-state index < -0.39 is 5.60 Å². The van der Waals surface area contributed by atoms with Gasteiger partial charge < -0.3 is 14.6 Å². The fraction of sp³-hybridized carbons (Fsp3) is 0.571. The maximum absolute atomic E-state index is 10.3. The molecular formula is C14H20O3. The maximum Gasteiger partial charge on any atom is 0.119 e. The van der Waals surface area contributed by atoms with Crippen LogP contribution >= 0.6 is 0 Å². The van der Waals surface area contributed by atoms with Gasteiger partial charge in [0, 0.05) is 0 Å². The van der Waals surface area contributed by atoms with Crippen molar-refractivity contribution in [1.29, 1.82) is 0 Å². The van der Waals surface area contributed by atoms with E-state index in [1.165, 1.54) is 0 Å². The molecule has 17 heavy (non-hydrogen) atoms. The summed E-state index contributed by atoms with van der Waals surface area (Å²) in [6.45, 7) is 7.46. The van der Waals surface area contributed by atoms with Gasteiger partial charge in [-0.05, 0) is 38.5 Å². The zero-order valence-corrected chi connectivity index (χ0v) is 10.7. The van der Waals surface area contributed by atoms with Crippen molar-refractivity contribution in [1.82, 2.24) is 0 Å². The Morgan fingerprint density at radius 1 is 1.29 bits per heavy atom. The monoisotopic (exact) mass is 236 g/mol. The van der Waals surface area contributed by atoms with Gasteiger partial charge in [-0.2, -0.15) is 0 Å². The Bertz CT molecular complexity index is 371. The quantitative estimate of drug-likeness (QED) is 0.870. The van der Waals surface area contributed by atoms with E-state index in [4.69, 9.17) is 9.47 Å². The van der Waals surface area contributed by atoms with E-state index in [1.54, 1.807) is 0 Å². The van der Waals surface area contributed by atoms with Crippen molar-refractivity contribution in [2.75, 3.05) is 19.8 Å². The molecule has 1 aromatic rings. The molecule has 94 valence electrons. The Morgan fingerprint density at radius 3 is 2.24 bits per heavy atom. The molecule has 0 aromatic heterocycles. The average Bonchev–Trinajstić information content (AvgIpc) is 2.17. The van der Waals surface area contributed by atoms with Crippen LogP contribution in [0.25, 0.3) is 0 Å². The van der Waals surface area contributed by atoms with Crippen LogP contribution < -0.4 is 4.74 Å². The fourth-order valence-electron chi connectivity index (χ4n) is 2.22. The summed E-state index contributed by atoms with van der Waals surface area (Å²) in [5, 5.41) is 10.3. The third-order valence-corrected chi connectivity index (χ3v) is 3.59. The smallest absolute Gasteiger partial charge is 0.119 e. The summed E-state index contributed by atoms with van der Waals surface area (Å²) >= 11 is 0. The van der Waals surface area contributed by atoms with E-state index in [9.17, 15) is 5.11 Å². The van der Waals surface area contributed by atoms with E-state index in [1.807, 2.05) is 45.0 Å². The van der Waals surface area contributed by atoms with Crippen LogP contribution in [0.4, 0.5) is 0 Å². The van der Waals surface area contributed by atoms with Gasteiger partial charge in [0.15, 0.2) is 0 Å². The first-order chi connectivity index (χ1) is 7.99. The summed E-state index contributed by atoms with van der Waals surface area (Å²) in [5.41, 5.74) is 0.0514. The van der Waals surface area contributed by atoms with Crippen LogP contribution in [0.5, 0.6) is 5.75 Å². The van der Waals surface area contributed by atoms with Crippen LogP contribution in [-0.2, 0) is 10.2 Å². The second kappa shape index (κ2) is 4.31. The SMILES string of the molecule is CCOc1ccc(C2(C(C)(C)O)COC2)cc1. The van der Waals surface area contributed by atoms with Crippen molar-refractivity contribution in [3.63, 3.8) is 0 Å².